The lowest BCUT2D eigenvalue weighted by molar-refractivity contribution is -0.384. The molecule has 1 aromatic heterocycles. The Kier molecular flexibility index (Phi) is 4.67. The average molecular weight is 330 g/mol. The van der Waals surface area contributed by atoms with Crippen LogP contribution in [0, 0.1) is 21.4 Å². The number of nitro benzene ring substituents is 1. The predicted octanol–water partition coefficient (Wildman–Crippen LogP) is 4.06. The molecule has 1 unspecified atom stereocenters. The van der Waals surface area contributed by atoms with E-state index in [1.54, 1.807) is 18.3 Å². The summed E-state index contributed by atoms with van der Waals surface area (Å²) in [4.78, 5) is 15.3. The standard InChI is InChI=1S/C19H14N4O2/c20-13-14-9-10-16(18(12-14)23(24)25)22-19(15-6-2-1-3-7-15)17-8-4-5-11-21-17/h1-12,19,22H. The number of nitriles is 1. The minimum Gasteiger partial charge on any atom is -0.367 e. The molecule has 0 amide bonds. The molecule has 122 valence electrons. The van der Waals surface area contributed by atoms with Crippen LogP contribution in [0.4, 0.5) is 11.4 Å². The van der Waals surface area contributed by atoms with Gasteiger partial charge in [0, 0.05) is 12.3 Å². The third-order valence-electron chi connectivity index (χ3n) is 3.74. The number of pyridine rings is 1. The first-order chi connectivity index (χ1) is 12.2. The van der Waals surface area contributed by atoms with Crippen LogP contribution in [-0.2, 0) is 0 Å². The van der Waals surface area contributed by atoms with Crippen LogP contribution in [0.1, 0.15) is 22.9 Å². The highest BCUT2D eigenvalue weighted by Gasteiger charge is 2.21. The summed E-state index contributed by atoms with van der Waals surface area (Å²) in [6.07, 6.45) is 1.68. The predicted molar refractivity (Wildman–Crippen MR) is 94.0 cm³/mol. The Hall–Kier alpha value is -3.72. The molecular formula is C19H14N4O2. The molecule has 0 aliphatic rings. The van der Waals surface area contributed by atoms with Crippen LogP contribution in [-0.4, -0.2) is 9.91 Å². The smallest absolute Gasteiger partial charge is 0.293 e. The number of nitro groups is 1. The average Bonchev–Trinajstić information content (AvgIpc) is 2.67. The van der Waals surface area contributed by atoms with Crippen LogP contribution in [0.15, 0.2) is 72.9 Å². The second-order valence-electron chi connectivity index (χ2n) is 5.34. The summed E-state index contributed by atoms with van der Waals surface area (Å²) >= 11 is 0. The number of nitrogens with one attached hydrogen (secondary N) is 1. The molecule has 0 fully saturated rings. The van der Waals surface area contributed by atoms with E-state index in [2.05, 4.69) is 10.3 Å². The van der Waals surface area contributed by atoms with Gasteiger partial charge in [0.15, 0.2) is 0 Å². The molecule has 3 aromatic rings. The summed E-state index contributed by atoms with van der Waals surface area (Å²) in [7, 11) is 0. The highest BCUT2D eigenvalue weighted by atomic mass is 16.6. The van der Waals surface area contributed by atoms with Gasteiger partial charge in [-0.05, 0) is 29.8 Å². The van der Waals surface area contributed by atoms with Gasteiger partial charge < -0.3 is 5.32 Å². The largest absolute Gasteiger partial charge is 0.367 e. The van der Waals surface area contributed by atoms with Crippen LogP contribution >= 0.6 is 0 Å². The van der Waals surface area contributed by atoms with E-state index >= 15 is 0 Å². The van der Waals surface area contributed by atoms with Crippen LogP contribution in [0.25, 0.3) is 0 Å². The molecule has 1 N–H and O–H groups in total. The van der Waals surface area contributed by atoms with Gasteiger partial charge in [0.25, 0.3) is 5.69 Å². The molecule has 1 atom stereocenters. The van der Waals surface area contributed by atoms with Gasteiger partial charge in [-0.1, -0.05) is 36.4 Å². The van der Waals surface area contributed by atoms with E-state index in [1.807, 2.05) is 54.6 Å². The number of hydrogen-bond donors (Lipinski definition) is 1. The summed E-state index contributed by atoms with van der Waals surface area (Å²) in [5.41, 5.74) is 2.11. The molecule has 0 saturated heterocycles. The second kappa shape index (κ2) is 7.23. The van der Waals surface area contributed by atoms with Gasteiger partial charge in [-0.3, -0.25) is 15.1 Å². The SMILES string of the molecule is N#Cc1ccc(NC(c2ccccc2)c2ccccn2)c([N+](=O)[O-])c1. The van der Waals surface area contributed by atoms with Gasteiger partial charge in [-0.2, -0.15) is 5.26 Å². The van der Waals surface area contributed by atoms with Gasteiger partial charge >= 0.3 is 0 Å². The minimum atomic E-state index is -0.496. The summed E-state index contributed by atoms with van der Waals surface area (Å²) in [6.45, 7) is 0. The van der Waals surface area contributed by atoms with Crippen LogP contribution in [0.3, 0.4) is 0 Å². The van der Waals surface area contributed by atoms with E-state index in [4.69, 9.17) is 5.26 Å². The topological polar surface area (TPSA) is 91.8 Å². The van der Waals surface area contributed by atoms with E-state index in [0.717, 1.165) is 11.3 Å². The number of anilines is 1. The molecule has 6 heteroatoms. The molecule has 3 rings (SSSR count). The third-order valence-corrected chi connectivity index (χ3v) is 3.74. The highest BCUT2D eigenvalue weighted by molar-refractivity contribution is 5.65. The Morgan fingerprint density at radius 3 is 2.48 bits per heavy atom. The summed E-state index contributed by atoms with van der Waals surface area (Å²) in [5.74, 6) is 0. The zero-order chi connectivity index (χ0) is 17.6. The molecule has 25 heavy (non-hydrogen) atoms. The van der Waals surface area contributed by atoms with Crippen molar-refractivity contribution >= 4 is 11.4 Å². The van der Waals surface area contributed by atoms with Crippen molar-refractivity contribution in [1.82, 2.24) is 4.98 Å². The third kappa shape index (κ3) is 3.62. The van der Waals surface area contributed by atoms with E-state index in [-0.39, 0.29) is 17.3 Å². The maximum absolute atomic E-state index is 11.4. The minimum absolute atomic E-state index is 0.143. The molecule has 0 radical (unpaired) electrons. The second-order valence-corrected chi connectivity index (χ2v) is 5.34. The molecule has 0 bridgehead atoms. The zero-order valence-corrected chi connectivity index (χ0v) is 13.2. The Labute approximate surface area is 144 Å². The maximum atomic E-state index is 11.4. The Morgan fingerprint density at radius 1 is 1.08 bits per heavy atom. The van der Waals surface area contributed by atoms with Crippen molar-refractivity contribution in [2.45, 2.75) is 6.04 Å². The molecular weight excluding hydrogens is 316 g/mol. The highest BCUT2D eigenvalue weighted by Crippen LogP contribution is 2.31. The van der Waals surface area contributed by atoms with Gasteiger partial charge in [-0.25, -0.2) is 0 Å². The van der Waals surface area contributed by atoms with E-state index in [1.165, 1.54) is 6.07 Å². The summed E-state index contributed by atoms with van der Waals surface area (Å²) in [6, 6.07) is 21.1. The molecule has 0 saturated carbocycles. The number of rotatable bonds is 5. The summed E-state index contributed by atoms with van der Waals surface area (Å²) < 4.78 is 0. The van der Waals surface area contributed by atoms with Crippen LogP contribution < -0.4 is 5.32 Å². The quantitative estimate of drug-likeness (QED) is 0.562. The molecule has 2 aromatic carbocycles. The van der Waals surface area contributed by atoms with Gasteiger partial charge in [0.05, 0.1) is 28.3 Å². The fraction of sp³-hybridized carbons (Fsp3) is 0.0526. The lowest BCUT2D eigenvalue weighted by Gasteiger charge is -2.20. The molecule has 1 heterocycles. The molecule has 0 aliphatic carbocycles. The van der Waals surface area contributed by atoms with E-state index < -0.39 is 4.92 Å². The van der Waals surface area contributed by atoms with Crippen LogP contribution in [0.5, 0.6) is 0 Å². The number of nitrogens with zero attached hydrogens (tertiary/aromatic N) is 3. The van der Waals surface area contributed by atoms with Gasteiger partial charge in [-0.15, -0.1) is 0 Å². The van der Waals surface area contributed by atoms with Crippen molar-refractivity contribution < 1.29 is 4.92 Å². The molecule has 6 nitrogen and oxygen atoms in total. The Bertz CT molecular complexity index is 882. The first-order valence-electron chi connectivity index (χ1n) is 7.60. The van der Waals surface area contributed by atoms with Crippen LogP contribution in [0.2, 0.25) is 0 Å². The number of aromatic nitrogens is 1. The Balaban J connectivity index is 2.05. The van der Waals surface area contributed by atoms with Crippen molar-refractivity contribution in [3.8, 4) is 6.07 Å². The zero-order valence-electron chi connectivity index (χ0n) is 13.2. The number of hydrogen-bond acceptors (Lipinski definition) is 5. The van der Waals surface area contributed by atoms with E-state index in [0.29, 0.717) is 5.69 Å². The lowest BCUT2D eigenvalue weighted by Crippen LogP contribution is -2.14. The summed E-state index contributed by atoms with van der Waals surface area (Å²) in [5, 5.41) is 23.6. The van der Waals surface area contributed by atoms with Crippen molar-refractivity contribution in [3.63, 3.8) is 0 Å². The normalized spacial score (nSPS) is 11.3. The first kappa shape index (κ1) is 16.1. The van der Waals surface area contributed by atoms with Crippen molar-refractivity contribution in [2.24, 2.45) is 0 Å². The Morgan fingerprint density at radius 2 is 1.84 bits per heavy atom. The van der Waals surface area contributed by atoms with Crippen molar-refractivity contribution in [3.05, 3.63) is 99.9 Å². The van der Waals surface area contributed by atoms with E-state index in [9.17, 15) is 10.1 Å². The fourth-order valence-corrected chi connectivity index (χ4v) is 2.55. The van der Waals surface area contributed by atoms with Crippen molar-refractivity contribution in [1.29, 1.82) is 5.26 Å². The molecule has 0 spiro atoms. The van der Waals surface area contributed by atoms with Crippen molar-refractivity contribution in [2.75, 3.05) is 5.32 Å². The fourth-order valence-electron chi connectivity index (χ4n) is 2.55. The monoisotopic (exact) mass is 330 g/mol. The number of benzene rings is 2. The maximum Gasteiger partial charge on any atom is 0.293 e. The van der Waals surface area contributed by atoms with Gasteiger partial charge in [0.1, 0.15) is 5.69 Å². The lowest BCUT2D eigenvalue weighted by atomic mass is 10.0. The first-order valence-corrected chi connectivity index (χ1v) is 7.60. The van der Waals surface area contributed by atoms with Gasteiger partial charge in [0.2, 0.25) is 0 Å². The molecule has 0 aliphatic heterocycles.